The lowest BCUT2D eigenvalue weighted by molar-refractivity contribution is -0.139. The van der Waals surface area contributed by atoms with Gasteiger partial charge in [-0.1, -0.05) is 0 Å². The first-order valence-corrected chi connectivity index (χ1v) is 6.96. The first-order chi connectivity index (χ1) is 8.99. The molecule has 0 amide bonds. The largest absolute Gasteiger partial charge is 0.480 e. The highest BCUT2D eigenvalue weighted by molar-refractivity contribution is 8.01. The Balaban J connectivity index is 1.98. The predicted octanol–water partition coefficient (Wildman–Crippen LogP) is 2.13. The molecule has 0 bridgehead atoms. The van der Waals surface area contributed by atoms with Gasteiger partial charge in [-0.05, 0) is 26.0 Å². The van der Waals surface area contributed by atoms with Crippen molar-refractivity contribution in [3.8, 4) is 0 Å². The first-order valence-electron chi connectivity index (χ1n) is 6.08. The van der Waals surface area contributed by atoms with Crippen LogP contribution < -0.4 is 5.32 Å². The Morgan fingerprint density at radius 3 is 3.00 bits per heavy atom. The molecule has 19 heavy (non-hydrogen) atoms. The Hall–Kier alpha value is -1.53. The standard InChI is InChI=1S/C13H15N3O2S/c1-13(2)9(12(17)18)16-11(19-13)8-6-15-10-7(8)4-3-5-14-10/h3-6,9,11,16H,1-2H3,(H,14,15)(H,17,18). The highest BCUT2D eigenvalue weighted by Crippen LogP contribution is 2.47. The van der Waals surface area contributed by atoms with E-state index in [-0.39, 0.29) is 10.1 Å². The van der Waals surface area contributed by atoms with Gasteiger partial charge in [0.1, 0.15) is 11.7 Å². The van der Waals surface area contributed by atoms with Crippen LogP contribution in [-0.4, -0.2) is 31.8 Å². The third kappa shape index (κ3) is 2.01. The smallest absolute Gasteiger partial charge is 0.322 e. The molecule has 0 aromatic carbocycles. The number of hydrogen-bond donors (Lipinski definition) is 3. The van der Waals surface area contributed by atoms with Crippen molar-refractivity contribution in [2.75, 3.05) is 0 Å². The number of carboxylic acids is 1. The number of hydrogen-bond acceptors (Lipinski definition) is 4. The van der Waals surface area contributed by atoms with E-state index in [4.69, 9.17) is 0 Å². The lowest BCUT2D eigenvalue weighted by Crippen LogP contribution is -2.43. The van der Waals surface area contributed by atoms with E-state index < -0.39 is 12.0 Å². The molecule has 3 heterocycles. The van der Waals surface area contributed by atoms with Gasteiger partial charge in [0, 0.05) is 28.1 Å². The van der Waals surface area contributed by atoms with Crippen molar-refractivity contribution < 1.29 is 9.90 Å². The Bertz CT molecular complexity index is 638. The summed E-state index contributed by atoms with van der Waals surface area (Å²) in [6, 6.07) is 3.33. The van der Waals surface area contributed by atoms with Gasteiger partial charge in [-0.2, -0.15) is 0 Å². The summed E-state index contributed by atoms with van der Waals surface area (Å²) in [6.07, 6.45) is 3.64. The van der Waals surface area contributed by atoms with Gasteiger partial charge in [0.2, 0.25) is 0 Å². The molecular weight excluding hydrogens is 262 g/mol. The van der Waals surface area contributed by atoms with E-state index in [0.29, 0.717) is 0 Å². The van der Waals surface area contributed by atoms with Gasteiger partial charge in [0.25, 0.3) is 0 Å². The van der Waals surface area contributed by atoms with Crippen molar-refractivity contribution in [3.05, 3.63) is 30.1 Å². The highest BCUT2D eigenvalue weighted by atomic mass is 32.2. The molecule has 2 unspecified atom stereocenters. The molecule has 0 radical (unpaired) electrons. The van der Waals surface area contributed by atoms with Crippen LogP contribution >= 0.6 is 11.8 Å². The zero-order valence-corrected chi connectivity index (χ0v) is 11.5. The van der Waals surface area contributed by atoms with E-state index >= 15 is 0 Å². The van der Waals surface area contributed by atoms with Gasteiger partial charge in [0.05, 0.1) is 5.37 Å². The van der Waals surface area contributed by atoms with E-state index in [1.807, 2.05) is 32.2 Å². The van der Waals surface area contributed by atoms with Crippen LogP contribution in [0.25, 0.3) is 11.0 Å². The van der Waals surface area contributed by atoms with Gasteiger partial charge < -0.3 is 10.1 Å². The number of nitrogens with zero attached hydrogens (tertiary/aromatic N) is 1. The molecule has 1 aliphatic rings. The van der Waals surface area contributed by atoms with Crippen LogP contribution in [0.5, 0.6) is 0 Å². The van der Waals surface area contributed by atoms with E-state index in [0.717, 1.165) is 16.6 Å². The lowest BCUT2D eigenvalue weighted by Gasteiger charge is -2.20. The van der Waals surface area contributed by atoms with Crippen molar-refractivity contribution in [2.45, 2.75) is 30.0 Å². The van der Waals surface area contributed by atoms with Crippen molar-refractivity contribution in [3.63, 3.8) is 0 Å². The Morgan fingerprint density at radius 2 is 2.32 bits per heavy atom. The number of fused-ring (bicyclic) bond motifs is 1. The zero-order chi connectivity index (χ0) is 13.6. The van der Waals surface area contributed by atoms with Crippen LogP contribution in [0.15, 0.2) is 24.5 Å². The molecule has 0 spiro atoms. The number of carbonyl (C=O) groups is 1. The summed E-state index contributed by atoms with van der Waals surface area (Å²) < 4.78 is -0.345. The third-order valence-corrected chi connectivity index (χ3v) is 4.92. The molecule has 5 nitrogen and oxygen atoms in total. The van der Waals surface area contributed by atoms with Gasteiger partial charge in [-0.3, -0.25) is 10.1 Å². The van der Waals surface area contributed by atoms with Gasteiger partial charge in [-0.15, -0.1) is 11.8 Å². The average Bonchev–Trinajstić information content (AvgIpc) is 2.89. The molecule has 2 atom stereocenters. The zero-order valence-electron chi connectivity index (χ0n) is 10.7. The Morgan fingerprint density at radius 1 is 1.53 bits per heavy atom. The molecule has 100 valence electrons. The van der Waals surface area contributed by atoms with E-state index in [1.54, 1.807) is 18.0 Å². The van der Waals surface area contributed by atoms with E-state index in [2.05, 4.69) is 15.3 Å². The van der Waals surface area contributed by atoms with E-state index in [1.165, 1.54) is 0 Å². The van der Waals surface area contributed by atoms with Crippen molar-refractivity contribution in [2.24, 2.45) is 0 Å². The van der Waals surface area contributed by atoms with Gasteiger partial charge in [-0.25, -0.2) is 4.98 Å². The summed E-state index contributed by atoms with van der Waals surface area (Å²) in [4.78, 5) is 18.7. The molecule has 3 rings (SSSR count). The van der Waals surface area contributed by atoms with Gasteiger partial charge >= 0.3 is 5.97 Å². The summed E-state index contributed by atoms with van der Waals surface area (Å²) in [5.41, 5.74) is 1.89. The average molecular weight is 277 g/mol. The quantitative estimate of drug-likeness (QED) is 0.784. The predicted molar refractivity (Wildman–Crippen MR) is 75.1 cm³/mol. The SMILES string of the molecule is CC1(C)SC(c2c[nH]c3ncccc23)NC1C(=O)O. The van der Waals surface area contributed by atoms with Crippen LogP contribution in [0.3, 0.4) is 0 Å². The first kappa shape index (κ1) is 12.5. The van der Waals surface area contributed by atoms with Crippen LogP contribution in [-0.2, 0) is 4.79 Å². The summed E-state index contributed by atoms with van der Waals surface area (Å²) in [6.45, 7) is 3.91. The fourth-order valence-corrected chi connectivity index (χ4v) is 3.91. The summed E-state index contributed by atoms with van der Waals surface area (Å²) in [7, 11) is 0. The summed E-state index contributed by atoms with van der Waals surface area (Å²) >= 11 is 1.64. The summed E-state index contributed by atoms with van der Waals surface area (Å²) in [5.74, 6) is -0.807. The number of rotatable bonds is 2. The second-order valence-corrected chi connectivity index (χ2v) is 6.94. The van der Waals surface area contributed by atoms with Crippen molar-refractivity contribution >= 4 is 28.8 Å². The fraction of sp³-hybridized carbons (Fsp3) is 0.385. The Kier molecular flexibility index (Phi) is 2.79. The molecule has 1 saturated heterocycles. The number of carboxylic acid groups (broad SMARTS) is 1. The minimum absolute atomic E-state index is 0.0333. The number of pyridine rings is 1. The number of H-pyrrole nitrogens is 1. The maximum atomic E-state index is 11.3. The van der Waals surface area contributed by atoms with Crippen LogP contribution in [0.4, 0.5) is 0 Å². The summed E-state index contributed by atoms with van der Waals surface area (Å²) in [5, 5.41) is 13.5. The van der Waals surface area contributed by atoms with Crippen molar-refractivity contribution in [1.29, 1.82) is 0 Å². The molecule has 2 aromatic rings. The molecule has 0 aliphatic carbocycles. The van der Waals surface area contributed by atoms with Crippen LogP contribution in [0.2, 0.25) is 0 Å². The van der Waals surface area contributed by atoms with Crippen LogP contribution in [0.1, 0.15) is 24.8 Å². The highest BCUT2D eigenvalue weighted by Gasteiger charge is 2.46. The molecule has 1 fully saturated rings. The number of thioether (sulfide) groups is 1. The molecule has 0 saturated carbocycles. The number of nitrogens with one attached hydrogen (secondary N) is 2. The van der Waals surface area contributed by atoms with Gasteiger partial charge in [0.15, 0.2) is 0 Å². The monoisotopic (exact) mass is 277 g/mol. The molecule has 1 aliphatic heterocycles. The third-order valence-electron chi connectivity index (χ3n) is 3.45. The van der Waals surface area contributed by atoms with Crippen molar-refractivity contribution in [1.82, 2.24) is 15.3 Å². The second-order valence-electron chi connectivity index (χ2n) is 5.18. The molecule has 2 aromatic heterocycles. The fourth-order valence-electron chi connectivity index (χ4n) is 2.47. The minimum Gasteiger partial charge on any atom is -0.480 e. The second kappa shape index (κ2) is 4.25. The molecule has 6 heteroatoms. The van der Waals surface area contributed by atoms with E-state index in [9.17, 15) is 9.90 Å². The lowest BCUT2D eigenvalue weighted by atomic mass is 10.0. The maximum Gasteiger partial charge on any atom is 0.322 e. The topological polar surface area (TPSA) is 78.0 Å². The van der Waals surface area contributed by atoms with Crippen LogP contribution in [0, 0.1) is 0 Å². The molecular formula is C13H15N3O2S. The normalized spacial score (nSPS) is 25.8. The molecule has 3 N–H and O–H groups in total. The Labute approximate surface area is 114 Å². The maximum absolute atomic E-state index is 11.3. The number of aromatic amines is 1. The number of aromatic nitrogens is 2. The number of aliphatic carboxylic acids is 1. The minimum atomic E-state index is -0.807.